The molecular formula is C26H33N3O3. The second-order valence-corrected chi connectivity index (χ2v) is 10.4. The van der Waals surface area contributed by atoms with Gasteiger partial charge in [0, 0.05) is 11.4 Å². The van der Waals surface area contributed by atoms with Crippen molar-refractivity contribution in [2.75, 3.05) is 5.32 Å². The molecular weight excluding hydrogens is 402 g/mol. The zero-order valence-electron chi connectivity index (χ0n) is 19.9. The van der Waals surface area contributed by atoms with Crippen LogP contribution in [0.25, 0.3) is 0 Å². The van der Waals surface area contributed by atoms with Crippen LogP contribution in [-0.2, 0) is 15.6 Å². The fourth-order valence-electron chi connectivity index (χ4n) is 3.93. The molecule has 0 aromatic heterocycles. The van der Waals surface area contributed by atoms with Gasteiger partial charge in [-0.15, -0.1) is 0 Å². The van der Waals surface area contributed by atoms with Gasteiger partial charge in [-0.05, 0) is 58.7 Å². The summed E-state index contributed by atoms with van der Waals surface area (Å²) in [5.41, 5.74) is 3.23. The Kier molecular flexibility index (Phi) is 6.09. The van der Waals surface area contributed by atoms with Crippen molar-refractivity contribution in [3.8, 4) is 5.75 Å². The number of hydrogen-bond donors (Lipinski definition) is 4. The second kappa shape index (κ2) is 8.34. The average molecular weight is 436 g/mol. The Morgan fingerprint density at radius 1 is 0.969 bits per heavy atom. The predicted octanol–water partition coefficient (Wildman–Crippen LogP) is 5.25. The zero-order chi connectivity index (χ0) is 23.8. The number of rotatable bonds is 3. The summed E-state index contributed by atoms with van der Waals surface area (Å²) in [7, 11) is 0. The van der Waals surface area contributed by atoms with Crippen molar-refractivity contribution in [2.45, 2.75) is 65.3 Å². The normalized spacial score (nSPS) is 17.0. The SMILES string of the molecule is CC1=C(C(=O)Nc2ccccc2)C(c2cc(C(C)(C)C)c(O)c(C(C)(C)C)c2)NC(=O)N1. The topological polar surface area (TPSA) is 90.5 Å². The van der Waals surface area contributed by atoms with E-state index in [2.05, 4.69) is 16.0 Å². The Labute approximate surface area is 190 Å². The summed E-state index contributed by atoms with van der Waals surface area (Å²) >= 11 is 0. The van der Waals surface area contributed by atoms with Crippen LogP contribution in [0.15, 0.2) is 53.7 Å². The molecule has 0 fully saturated rings. The molecule has 3 rings (SSSR count). The van der Waals surface area contributed by atoms with Gasteiger partial charge >= 0.3 is 6.03 Å². The smallest absolute Gasteiger partial charge is 0.319 e. The first-order valence-corrected chi connectivity index (χ1v) is 10.8. The van der Waals surface area contributed by atoms with E-state index in [4.69, 9.17) is 0 Å². The van der Waals surface area contributed by atoms with Gasteiger partial charge in [-0.1, -0.05) is 59.7 Å². The molecule has 1 aliphatic rings. The van der Waals surface area contributed by atoms with E-state index in [1.165, 1.54) is 0 Å². The van der Waals surface area contributed by atoms with Crippen molar-refractivity contribution >= 4 is 17.6 Å². The highest BCUT2D eigenvalue weighted by Gasteiger charge is 2.34. The molecule has 170 valence electrons. The van der Waals surface area contributed by atoms with Crippen LogP contribution in [-0.4, -0.2) is 17.0 Å². The number of amides is 3. The van der Waals surface area contributed by atoms with Crippen molar-refractivity contribution in [3.63, 3.8) is 0 Å². The number of carbonyl (C=O) groups excluding carboxylic acids is 2. The minimum absolute atomic E-state index is 0.255. The summed E-state index contributed by atoms with van der Waals surface area (Å²) in [6.07, 6.45) is 0. The van der Waals surface area contributed by atoms with Gasteiger partial charge in [0.1, 0.15) is 5.75 Å². The number of para-hydroxylation sites is 1. The van der Waals surface area contributed by atoms with E-state index in [1.807, 2.05) is 84.0 Å². The van der Waals surface area contributed by atoms with E-state index in [-0.39, 0.29) is 28.5 Å². The third-order valence-corrected chi connectivity index (χ3v) is 5.63. The van der Waals surface area contributed by atoms with Gasteiger partial charge in [-0.2, -0.15) is 0 Å². The first kappa shape index (κ1) is 23.4. The number of nitrogens with one attached hydrogen (secondary N) is 3. The minimum Gasteiger partial charge on any atom is -0.507 e. The Balaban J connectivity index is 2.16. The molecule has 32 heavy (non-hydrogen) atoms. The summed E-state index contributed by atoms with van der Waals surface area (Å²) in [6.45, 7) is 13.9. The molecule has 1 heterocycles. The zero-order valence-corrected chi connectivity index (χ0v) is 19.9. The highest BCUT2D eigenvalue weighted by atomic mass is 16.3. The predicted molar refractivity (Wildman–Crippen MR) is 128 cm³/mol. The quantitative estimate of drug-likeness (QED) is 0.530. The number of phenols is 1. The van der Waals surface area contributed by atoms with Crippen molar-refractivity contribution < 1.29 is 14.7 Å². The highest BCUT2D eigenvalue weighted by Crippen LogP contribution is 2.42. The lowest BCUT2D eigenvalue weighted by atomic mass is 9.77. The van der Waals surface area contributed by atoms with Crippen LogP contribution in [0, 0.1) is 0 Å². The third kappa shape index (κ3) is 4.79. The van der Waals surface area contributed by atoms with Gasteiger partial charge in [-0.25, -0.2) is 4.79 Å². The third-order valence-electron chi connectivity index (χ3n) is 5.63. The number of anilines is 1. The van der Waals surface area contributed by atoms with Crippen molar-refractivity contribution in [3.05, 3.63) is 70.4 Å². The Morgan fingerprint density at radius 2 is 1.50 bits per heavy atom. The number of carbonyl (C=O) groups is 2. The summed E-state index contributed by atoms with van der Waals surface area (Å²) in [4.78, 5) is 25.7. The number of allylic oxidation sites excluding steroid dienone is 1. The molecule has 6 heteroatoms. The highest BCUT2D eigenvalue weighted by molar-refractivity contribution is 6.06. The number of urea groups is 1. The number of aromatic hydroxyl groups is 1. The lowest BCUT2D eigenvalue weighted by molar-refractivity contribution is -0.113. The van der Waals surface area contributed by atoms with E-state index in [1.54, 1.807) is 6.92 Å². The lowest BCUT2D eigenvalue weighted by Crippen LogP contribution is -2.46. The summed E-state index contributed by atoms with van der Waals surface area (Å²) in [5.74, 6) is -0.0427. The minimum atomic E-state index is -0.657. The van der Waals surface area contributed by atoms with E-state index in [0.717, 1.165) is 16.7 Å². The first-order valence-electron chi connectivity index (χ1n) is 10.8. The molecule has 2 aromatic carbocycles. The Bertz CT molecular complexity index is 1040. The van der Waals surface area contributed by atoms with E-state index in [9.17, 15) is 14.7 Å². The van der Waals surface area contributed by atoms with Crippen LogP contribution in [0.3, 0.4) is 0 Å². The second-order valence-electron chi connectivity index (χ2n) is 10.4. The van der Waals surface area contributed by atoms with E-state index in [0.29, 0.717) is 17.0 Å². The van der Waals surface area contributed by atoms with Gasteiger partial charge in [0.15, 0.2) is 0 Å². The molecule has 0 saturated carbocycles. The molecule has 1 atom stereocenters. The monoisotopic (exact) mass is 435 g/mol. The van der Waals surface area contributed by atoms with E-state index < -0.39 is 6.04 Å². The van der Waals surface area contributed by atoms with Gasteiger partial charge in [0.2, 0.25) is 0 Å². The fraction of sp³-hybridized carbons (Fsp3) is 0.385. The largest absolute Gasteiger partial charge is 0.507 e. The molecule has 6 nitrogen and oxygen atoms in total. The lowest BCUT2D eigenvalue weighted by Gasteiger charge is -2.32. The fourth-order valence-corrected chi connectivity index (χ4v) is 3.93. The molecule has 3 amide bonds. The van der Waals surface area contributed by atoms with Gasteiger partial charge in [0.25, 0.3) is 5.91 Å². The molecule has 0 saturated heterocycles. The van der Waals surface area contributed by atoms with Gasteiger partial charge in [0.05, 0.1) is 11.6 Å². The van der Waals surface area contributed by atoms with Crippen molar-refractivity contribution in [1.82, 2.24) is 10.6 Å². The molecule has 4 N–H and O–H groups in total. The maximum Gasteiger partial charge on any atom is 0.319 e. The summed E-state index contributed by atoms with van der Waals surface area (Å²) in [6, 6.07) is 12.0. The first-order chi connectivity index (χ1) is 14.8. The van der Waals surface area contributed by atoms with Crippen LogP contribution >= 0.6 is 0 Å². The molecule has 0 aliphatic carbocycles. The number of phenolic OH excluding ortho intramolecular Hbond substituents is 1. The van der Waals surface area contributed by atoms with Crippen LogP contribution in [0.5, 0.6) is 5.75 Å². The molecule has 0 spiro atoms. The maximum atomic E-state index is 13.3. The van der Waals surface area contributed by atoms with Crippen LogP contribution in [0.1, 0.15) is 71.2 Å². The molecule has 2 aromatic rings. The van der Waals surface area contributed by atoms with Crippen LogP contribution in [0.2, 0.25) is 0 Å². The van der Waals surface area contributed by atoms with Gasteiger partial charge in [-0.3, -0.25) is 4.79 Å². The molecule has 0 radical (unpaired) electrons. The van der Waals surface area contributed by atoms with E-state index >= 15 is 0 Å². The van der Waals surface area contributed by atoms with Crippen LogP contribution < -0.4 is 16.0 Å². The van der Waals surface area contributed by atoms with Gasteiger partial charge < -0.3 is 21.1 Å². The molecule has 1 aliphatic heterocycles. The van der Waals surface area contributed by atoms with Crippen molar-refractivity contribution in [2.24, 2.45) is 0 Å². The molecule has 0 bridgehead atoms. The number of hydrogen-bond acceptors (Lipinski definition) is 3. The maximum absolute atomic E-state index is 13.3. The van der Waals surface area contributed by atoms with Crippen LogP contribution in [0.4, 0.5) is 10.5 Å². The van der Waals surface area contributed by atoms with Crippen molar-refractivity contribution in [1.29, 1.82) is 0 Å². The standard InChI is InChI=1S/C26H33N3O3/c1-15-20(23(31)28-17-11-9-8-10-12-17)21(29-24(32)27-15)16-13-18(25(2,3)4)22(30)19(14-16)26(5,6)7/h8-14,21,30H,1-7H3,(H,28,31)(H2,27,29,32). The summed E-state index contributed by atoms with van der Waals surface area (Å²) < 4.78 is 0. The average Bonchev–Trinajstić information content (AvgIpc) is 2.66. The Hall–Kier alpha value is -3.28. The summed E-state index contributed by atoms with van der Waals surface area (Å²) in [5, 5.41) is 19.6. The number of benzene rings is 2. The molecule has 1 unspecified atom stereocenters. The Morgan fingerprint density at radius 3 is 2.00 bits per heavy atom.